The van der Waals surface area contributed by atoms with Gasteiger partial charge in [0.1, 0.15) is 11.7 Å². The number of ether oxygens (including phenoxy) is 2. The largest absolute Gasteiger partial charge is 0.497 e. The summed E-state index contributed by atoms with van der Waals surface area (Å²) in [6, 6.07) is 15.9. The second-order valence-corrected chi connectivity index (χ2v) is 9.11. The molecule has 1 aliphatic heterocycles. The van der Waals surface area contributed by atoms with Gasteiger partial charge < -0.3 is 14.4 Å². The molecule has 6 nitrogen and oxygen atoms in total. The highest BCUT2D eigenvalue weighted by Gasteiger charge is 2.44. The first-order valence-electron chi connectivity index (χ1n) is 11.7. The first-order valence-corrected chi connectivity index (χ1v) is 11.7. The van der Waals surface area contributed by atoms with E-state index in [1.165, 1.54) is 0 Å². The maximum atomic E-state index is 13.6. The number of ketones is 1. The molecule has 0 saturated heterocycles. The number of benzene rings is 2. The molecule has 0 saturated carbocycles. The maximum absolute atomic E-state index is 13.6. The van der Waals surface area contributed by atoms with Crippen molar-refractivity contribution in [1.82, 2.24) is 0 Å². The lowest BCUT2D eigenvalue weighted by Gasteiger charge is -2.36. The van der Waals surface area contributed by atoms with Gasteiger partial charge in [-0.25, -0.2) is 0 Å². The number of anilines is 1. The van der Waals surface area contributed by atoms with Crippen LogP contribution in [0.3, 0.4) is 0 Å². The highest BCUT2D eigenvalue weighted by atomic mass is 16.5. The molecule has 0 aromatic heterocycles. The summed E-state index contributed by atoms with van der Waals surface area (Å²) in [6.07, 6.45) is 1.05. The minimum absolute atomic E-state index is 0.0459. The standard InChI is InChI=1S/C28H32N2O4/c1-6-34-28(32)25-17(2)29-23-15-20(18-9-13-22(33-5)14-10-18)16-24(31)27(23)26(25)19-7-11-21(12-8-19)30(3)4/h7-14,20,25-26H,6,15-16H2,1-5H3/t20-,25?,26+/m0/s1. The quantitative estimate of drug-likeness (QED) is 0.574. The van der Waals surface area contributed by atoms with Crippen molar-refractivity contribution in [2.24, 2.45) is 10.9 Å². The summed E-state index contributed by atoms with van der Waals surface area (Å²) >= 11 is 0. The van der Waals surface area contributed by atoms with Crippen molar-refractivity contribution in [3.8, 4) is 5.75 Å². The first-order chi connectivity index (χ1) is 16.3. The zero-order chi connectivity index (χ0) is 24.4. The van der Waals surface area contributed by atoms with E-state index in [0.717, 1.165) is 28.3 Å². The smallest absolute Gasteiger partial charge is 0.315 e. The molecule has 1 heterocycles. The third-order valence-electron chi connectivity index (χ3n) is 6.78. The van der Waals surface area contributed by atoms with Crippen molar-refractivity contribution in [1.29, 1.82) is 0 Å². The number of allylic oxidation sites excluding steroid dienone is 2. The van der Waals surface area contributed by atoms with Crippen LogP contribution >= 0.6 is 0 Å². The number of nitrogens with zero attached hydrogens (tertiary/aromatic N) is 2. The van der Waals surface area contributed by atoms with Gasteiger partial charge in [0, 0.05) is 49.1 Å². The Labute approximate surface area is 201 Å². The molecule has 0 bridgehead atoms. The Morgan fingerprint density at radius 1 is 1.03 bits per heavy atom. The Morgan fingerprint density at radius 2 is 1.68 bits per heavy atom. The van der Waals surface area contributed by atoms with Crippen LogP contribution in [0.4, 0.5) is 5.69 Å². The highest BCUT2D eigenvalue weighted by Crippen LogP contribution is 2.47. The Morgan fingerprint density at radius 3 is 2.26 bits per heavy atom. The van der Waals surface area contributed by atoms with Crippen molar-refractivity contribution >= 4 is 23.2 Å². The molecule has 3 atom stereocenters. The minimum atomic E-state index is -0.606. The Hall–Kier alpha value is -3.41. The number of hydrogen-bond acceptors (Lipinski definition) is 6. The van der Waals surface area contributed by atoms with E-state index in [1.54, 1.807) is 14.0 Å². The molecule has 2 aromatic carbocycles. The number of esters is 1. The average molecular weight is 461 g/mol. The van der Waals surface area contributed by atoms with E-state index < -0.39 is 11.8 Å². The average Bonchev–Trinajstić information content (AvgIpc) is 2.83. The van der Waals surface area contributed by atoms with E-state index in [-0.39, 0.29) is 24.3 Å². The monoisotopic (exact) mass is 460 g/mol. The maximum Gasteiger partial charge on any atom is 0.315 e. The molecule has 0 N–H and O–H groups in total. The summed E-state index contributed by atoms with van der Waals surface area (Å²) in [5.41, 5.74) is 5.22. The normalized spacial score (nSPS) is 22.1. The van der Waals surface area contributed by atoms with Crippen LogP contribution in [0.1, 0.15) is 49.7 Å². The zero-order valence-electron chi connectivity index (χ0n) is 20.5. The summed E-state index contributed by atoms with van der Waals surface area (Å²) in [5, 5.41) is 0. The Kier molecular flexibility index (Phi) is 6.87. The summed E-state index contributed by atoms with van der Waals surface area (Å²) < 4.78 is 10.7. The molecule has 2 aliphatic rings. The van der Waals surface area contributed by atoms with E-state index >= 15 is 0 Å². The van der Waals surface area contributed by atoms with Crippen molar-refractivity contribution in [2.45, 2.75) is 38.5 Å². The van der Waals surface area contributed by atoms with Crippen LogP contribution in [0.25, 0.3) is 0 Å². The fourth-order valence-corrected chi connectivity index (χ4v) is 5.05. The molecule has 0 spiro atoms. The molecule has 0 fully saturated rings. The minimum Gasteiger partial charge on any atom is -0.497 e. The van der Waals surface area contributed by atoms with E-state index in [9.17, 15) is 9.59 Å². The van der Waals surface area contributed by atoms with Crippen LogP contribution in [-0.2, 0) is 14.3 Å². The molecule has 178 valence electrons. The van der Waals surface area contributed by atoms with E-state index in [4.69, 9.17) is 14.5 Å². The van der Waals surface area contributed by atoms with Gasteiger partial charge in [-0.1, -0.05) is 24.3 Å². The lowest BCUT2D eigenvalue weighted by molar-refractivity contribution is -0.146. The molecular weight excluding hydrogens is 428 g/mol. The highest BCUT2D eigenvalue weighted by molar-refractivity contribution is 6.09. The third-order valence-corrected chi connectivity index (χ3v) is 6.78. The van der Waals surface area contributed by atoms with E-state index in [1.807, 2.05) is 74.4 Å². The van der Waals surface area contributed by atoms with Crippen LogP contribution < -0.4 is 9.64 Å². The molecule has 6 heteroatoms. The number of carbonyl (C=O) groups excluding carboxylic acids is 2. The van der Waals surface area contributed by atoms with Gasteiger partial charge in [-0.2, -0.15) is 0 Å². The van der Waals surface area contributed by atoms with Crippen LogP contribution in [0.2, 0.25) is 0 Å². The number of rotatable bonds is 6. The fraction of sp³-hybridized carbons (Fsp3) is 0.393. The summed E-state index contributed by atoms with van der Waals surface area (Å²) in [5.74, 6) is -0.450. The lowest BCUT2D eigenvalue weighted by Crippen LogP contribution is -2.38. The van der Waals surface area contributed by atoms with Crippen LogP contribution in [-0.4, -0.2) is 45.3 Å². The molecule has 1 aliphatic carbocycles. The molecular formula is C28H32N2O4. The van der Waals surface area contributed by atoms with Crippen molar-refractivity contribution in [3.63, 3.8) is 0 Å². The van der Waals surface area contributed by atoms with Gasteiger partial charge in [-0.05, 0) is 61.6 Å². The van der Waals surface area contributed by atoms with Gasteiger partial charge in [0.15, 0.2) is 5.78 Å². The van der Waals surface area contributed by atoms with Gasteiger partial charge in [-0.3, -0.25) is 14.6 Å². The van der Waals surface area contributed by atoms with Crippen molar-refractivity contribution < 1.29 is 19.1 Å². The van der Waals surface area contributed by atoms with Crippen molar-refractivity contribution in [3.05, 3.63) is 70.9 Å². The zero-order valence-corrected chi connectivity index (χ0v) is 20.5. The van der Waals surface area contributed by atoms with Gasteiger partial charge in [0.05, 0.1) is 13.7 Å². The first kappa shape index (κ1) is 23.7. The molecule has 4 rings (SSSR count). The molecule has 0 radical (unpaired) electrons. The predicted molar refractivity (Wildman–Crippen MR) is 134 cm³/mol. The Bertz CT molecular complexity index is 1130. The van der Waals surface area contributed by atoms with Gasteiger partial charge in [0.2, 0.25) is 0 Å². The lowest BCUT2D eigenvalue weighted by atomic mass is 9.69. The topological polar surface area (TPSA) is 68.2 Å². The Balaban J connectivity index is 1.76. The van der Waals surface area contributed by atoms with Gasteiger partial charge in [0.25, 0.3) is 0 Å². The number of methoxy groups -OCH3 is 1. The number of carbonyl (C=O) groups is 2. The van der Waals surface area contributed by atoms with Crippen LogP contribution in [0.15, 0.2) is 64.8 Å². The molecule has 0 amide bonds. The molecule has 1 unspecified atom stereocenters. The molecule has 34 heavy (non-hydrogen) atoms. The predicted octanol–water partition coefficient (Wildman–Crippen LogP) is 4.90. The number of Topliss-reactive ketones (excluding diaryl/α,β-unsaturated/α-hetero) is 1. The number of hydrogen-bond donors (Lipinski definition) is 0. The fourth-order valence-electron chi connectivity index (χ4n) is 5.05. The second-order valence-electron chi connectivity index (χ2n) is 9.11. The van der Waals surface area contributed by atoms with Gasteiger partial charge >= 0.3 is 5.97 Å². The van der Waals surface area contributed by atoms with Crippen LogP contribution in [0.5, 0.6) is 5.75 Å². The third kappa shape index (κ3) is 4.49. The molecule has 2 aromatic rings. The van der Waals surface area contributed by atoms with Crippen molar-refractivity contribution in [2.75, 3.05) is 32.7 Å². The SMILES string of the molecule is CCOC(=O)C1C(C)=NC2=C(C(=O)C[C@@H](c3ccc(OC)cc3)C2)[C@@H]1c1ccc(N(C)C)cc1. The van der Waals surface area contributed by atoms with E-state index in [2.05, 4.69) is 0 Å². The summed E-state index contributed by atoms with van der Waals surface area (Å²) in [4.78, 5) is 33.5. The second kappa shape index (κ2) is 9.84. The van der Waals surface area contributed by atoms with Gasteiger partial charge in [-0.15, -0.1) is 0 Å². The van der Waals surface area contributed by atoms with E-state index in [0.29, 0.717) is 24.1 Å². The summed E-state index contributed by atoms with van der Waals surface area (Å²) in [7, 11) is 5.61. The summed E-state index contributed by atoms with van der Waals surface area (Å²) in [6.45, 7) is 3.95. The number of aliphatic imine (C=N–C) groups is 1. The van der Waals surface area contributed by atoms with Crippen LogP contribution in [0, 0.1) is 5.92 Å².